The molecule has 12 atom stereocenters. The van der Waals surface area contributed by atoms with Gasteiger partial charge in [-0.15, -0.1) is 0 Å². The van der Waals surface area contributed by atoms with E-state index < -0.39 is 100 Å². The van der Waals surface area contributed by atoms with E-state index in [1.165, 1.54) is 0 Å². The Kier molecular flexibility index (Phi) is 14.1. The van der Waals surface area contributed by atoms with Gasteiger partial charge in [-0.25, -0.2) is 9.36 Å². The van der Waals surface area contributed by atoms with E-state index in [-0.39, 0.29) is 36.2 Å². The SMILES string of the molecule is CC(Nc1ccc(CC(O)C(O)C(O)COC2OC(COP(=O)(O)OC(CCC(=O)O)C(=O)O)C(O)C2O)cc1)C1Nc2c(nc(N)[nH]c2=O)NC1C. The minimum Gasteiger partial charge on any atom is -0.481 e. The number of aliphatic carboxylic acids is 2. The van der Waals surface area contributed by atoms with Gasteiger partial charge in [0, 0.05) is 30.6 Å². The molecule has 0 saturated carbocycles. The first-order valence-corrected chi connectivity index (χ1v) is 17.9. The summed E-state index contributed by atoms with van der Waals surface area (Å²) in [6, 6.07) is 6.40. The lowest BCUT2D eigenvalue weighted by atomic mass is 9.98. The second-order valence-corrected chi connectivity index (χ2v) is 14.1. The van der Waals surface area contributed by atoms with Gasteiger partial charge in [0.2, 0.25) is 5.95 Å². The maximum Gasteiger partial charge on any atom is 0.473 e. The zero-order valence-corrected chi connectivity index (χ0v) is 29.4. The highest BCUT2D eigenvalue weighted by molar-refractivity contribution is 7.47. The molecule has 53 heavy (non-hydrogen) atoms. The average Bonchev–Trinajstić information content (AvgIpc) is 3.35. The highest BCUT2D eigenvalue weighted by atomic mass is 31.2. The van der Waals surface area contributed by atoms with Crippen LogP contribution in [0.5, 0.6) is 0 Å². The van der Waals surface area contributed by atoms with Crippen LogP contribution in [0.2, 0.25) is 0 Å². The molecule has 0 radical (unpaired) electrons. The van der Waals surface area contributed by atoms with Crippen molar-refractivity contribution >= 4 is 42.9 Å². The maximum absolute atomic E-state index is 12.4. The topological polar surface area (TPSA) is 358 Å². The van der Waals surface area contributed by atoms with Crippen molar-refractivity contribution in [1.29, 1.82) is 0 Å². The number of ether oxygens (including phenoxy) is 2. The molecule has 0 spiro atoms. The summed E-state index contributed by atoms with van der Waals surface area (Å²) in [4.78, 5) is 50.8. The third kappa shape index (κ3) is 11.3. The Balaban J connectivity index is 1.22. The van der Waals surface area contributed by atoms with E-state index in [9.17, 15) is 49.4 Å². The molecule has 23 heteroatoms. The summed E-state index contributed by atoms with van der Waals surface area (Å²) in [5.74, 6) is -2.72. The van der Waals surface area contributed by atoms with Crippen molar-refractivity contribution in [2.75, 3.05) is 34.9 Å². The number of nitrogen functional groups attached to an aromatic ring is 1. The van der Waals surface area contributed by atoms with Crippen molar-refractivity contribution in [3.8, 4) is 0 Å². The lowest BCUT2D eigenvalue weighted by molar-refractivity contribution is -0.192. The Morgan fingerprint density at radius 2 is 1.77 bits per heavy atom. The standard InChI is InChI=1S/C30H45N6O16P/c1-12(21-13(2)33-26-22(34-21)27(44)36-30(31)35-26)32-15-5-3-14(4-6-15)9-16(37)23(41)17(38)10-49-29-25(43)24(42)19(51-29)11-50-53(47,48)52-18(28(45)46)7-8-20(39)40/h3-6,12-13,16-19,21,23-25,29,32,34,37-38,41-43H,7-11H2,1-2H3,(H,39,40)(H,45,46)(H,47,48)(H4,31,33,35,36,44). The van der Waals surface area contributed by atoms with Crippen molar-refractivity contribution in [2.45, 2.75) is 100 Å². The third-order valence-electron chi connectivity index (χ3n) is 8.58. The summed E-state index contributed by atoms with van der Waals surface area (Å²) in [5, 5.41) is 79.7. The summed E-state index contributed by atoms with van der Waals surface area (Å²) in [7, 11) is -5.11. The van der Waals surface area contributed by atoms with Gasteiger partial charge in [0.05, 0.1) is 25.4 Å². The van der Waals surface area contributed by atoms with E-state index in [1.54, 1.807) is 24.3 Å². The van der Waals surface area contributed by atoms with Gasteiger partial charge in [0.1, 0.15) is 36.2 Å². The number of carboxylic acids is 2. The van der Waals surface area contributed by atoms with Crippen LogP contribution >= 0.6 is 7.82 Å². The molecule has 12 unspecified atom stereocenters. The normalized spacial score (nSPS) is 26.5. The number of hydrogen-bond donors (Lipinski definition) is 13. The Morgan fingerprint density at radius 3 is 2.42 bits per heavy atom. The number of nitrogens with one attached hydrogen (secondary N) is 4. The number of aromatic amines is 1. The largest absolute Gasteiger partial charge is 0.481 e. The zero-order chi connectivity index (χ0) is 39.2. The van der Waals surface area contributed by atoms with Crippen LogP contribution in [0.1, 0.15) is 32.3 Å². The van der Waals surface area contributed by atoms with Gasteiger partial charge in [0.25, 0.3) is 5.56 Å². The van der Waals surface area contributed by atoms with Crippen molar-refractivity contribution in [3.63, 3.8) is 0 Å². The molecule has 14 N–H and O–H groups in total. The Morgan fingerprint density at radius 1 is 1.09 bits per heavy atom. The molecule has 3 heterocycles. The molecule has 2 aliphatic heterocycles. The van der Waals surface area contributed by atoms with E-state index in [2.05, 4.69) is 35.0 Å². The molecule has 2 aromatic rings. The first kappa shape index (κ1) is 41.8. The Hall–Kier alpha value is -3.93. The molecule has 1 aromatic carbocycles. The summed E-state index contributed by atoms with van der Waals surface area (Å²) in [5.41, 5.74) is 6.85. The number of fused-ring (bicyclic) bond motifs is 1. The summed E-state index contributed by atoms with van der Waals surface area (Å²) in [6.45, 7) is 2.27. The molecule has 0 bridgehead atoms. The molecule has 296 valence electrons. The fraction of sp³-hybridized carbons (Fsp3) is 0.600. The number of carbonyl (C=O) groups is 2. The lowest BCUT2D eigenvalue weighted by Gasteiger charge is -2.37. The van der Waals surface area contributed by atoms with Crippen LogP contribution in [0.3, 0.4) is 0 Å². The van der Waals surface area contributed by atoms with Crippen molar-refractivity contribution < 1.29 is 73.3 Å². The second-order valence-electron chi connectivity index (χ2n) is 12.7. The monoisotopic (exact) mass is 776 g/mol. The van der Waals surface area contributed by atoms with Crippen molar-refractivity contribution in [2.24, 2.45) is 0 Å². The maximum atomic E-state index is 12.4. The van der Waals surface area contributed by atoms with Crippen LogP contribution in [0, 0.1) is 0 Å². The van der Waals surface area contributed by atoms with Gasteiger partial charge in [-0.05, 0) is 38.0 Å². The number of nitrogens with zero attached hydrogens (tertiary/aromatic N) is 1. The van der Waals surface area contributed by atoms with E-state index in [4.69, 9.17) is 25.4 Å². The molecule has 1 fully saturated rings. The number of rotatable bonds is 19. The Bertz CT molecular complexity index is 1670. The van der Waals surface area contributed by atoms with E-state index in [0.717, 1.165) is 5.69 Å². The average molecular weight is 777 g/mol. The molecular formula is C30H45N6O16P. The molecule has 0 aliphatic carbocycles. The first-order valence-electron chi connectivity index (χ1n) is 16.4. The first-order chi connectivity index (χ1) is 24.8. The van der Waals surface area contributed by atoms with Gasteiger partial charge in [-0.1, -0.05) is 12.1 Å². The van der Waals surface area contributed by atoms with Crippen LogP contribution in [0.4, 0.5) is 23.1 Å². The van der Waals surface area contributed by atoms with Crippen LogP contribution in [0.25, 0.3) is 0 Å². The van der Waals surface area contributed by atoms with Crippen molar-refractivity contribution in [1.82, 2.24) is 9.97 Å². The number of nitrogens with two attached hydrogens (primary N) is 1. The summed E-state index contributed by atoms with van der Waals surface area (Å²) in [6.07, 6.45) is -14.9. The van der Waals surface area contributed by atoms with Crippen LogP contribution in [-0.2, 0) is 39.1 Å². The third-order valence-corrected chi connectivity index (χ3v) is 9.58. The molecule has 22 nitrogen and oxygen atoms in total. The fourth-order valence-corrected chi connectivity index (χ4v) is 6.62. The van der Waals surface area contributed by atoms with Gasteiger partial charge in [-0.2, -0.15) is 4.98 Å². The molecule has 2 aliphatic rings. The molecular weight excluding hydrogens is 731 g/mol. The van der Waals surface area contributed by atoms with Gasteiger partial charge in [0.15, 0.2) is 18.2 Å². The van der Waals surface area contributed by atoms with E-state index in [1.807, 2.05) is 13.8 Å². The number of benzene rings is 1. The molecule has 0 amide bonds. The minimum atomic E-state index is -5.11. The lowest BCUT2D eigenvalue weighted by Crippen LogP contribution is -2.51. The number of aromatic nitrogens is 2. The quantitative estimate of drug-likeness (QED) is 0.0685. The molecule has 1 aromatic heterocycles. The van der Waals surface area contributed by atoms with Gasteiger partial charge >= 0.3 is 19.8 Å². The summed E-state index contributed by atoms with van der Waals surface area (Å²) < 4.78 is 32.0. The van der Waals surface area contributed by atoms with Crippen LogP contribution in [-0.4, -0.2) is 143 Å². The van der Waals surface area contributed by atoms with E-state index in [0.29, 0.717) is 11.4 Å². The van der Waals surface area contributed by atoms with Crippen LogP contribution < -0.4 is 27.2 Å². The number of anilines is 4. The highest BCUT2D eigenvalue weighted by Crippen LogP contribution is 2.46. The number of H-pyrrole nitrogens is 1. The zero-order valence-electron chi connectivity index (χ0n) is 28.5. The number of carboxylic acid groups (broad SMARTS) is 2. The predicted molar refractivity (Wildman–Crippen MR) is 183 cm³/mol. The van der Waals surface area contributed by atoms with Crippen molar-refractivity contribution in [3.05, 3.63) is 40.2 Å². The Labute approximate surface area is 301 Å². The van der Waals surface area contributed by atoms with Crippen LogP contribution in [0.15, 0.2) is 29.1 Å². The predicted octanol–water partition coefficient (Wildman–Crippen LogP) is -2.01. The molecule has 1 saturated heterocycles. The van der Waals surface area contributed by atoms with Gasteiger partial charge in [-0.3, -0.25) is 23.6 Å². The summed E-state index contributed by atoms with van der Waals surface area (Å²) >= 11 is 0. The number of aliphatic hydroxyl groups is 5. The highest BCUT2D eigenvalue weighted by Gasteiger charge is 2.45. The number of phosphoric ester groups is 1. The van der Waals surface area contributed by atoms with E-state index >= 15 is 0 Å². The van der Waals surface area contributed by atoms with Gasteiger partial charge < -0.3 is 71.8 Å². The smallest absolute Gasteiger partial charge is 0.473 e. The second kappa shape index (κ2) is 17.9. The number of hydrogen-bond acceptors (Lipinski definition) is 18. The molecule has 4 rings (SSSR count). The number of aliphatic hydroxyl groups excluding tert-OH is 5. The number of phosphoric acid groups is 1. The fourth-order valence-electron chi connectivity index (χ4n) is 5.71. The minimum absolute atomic E-state index is 0.000402.